The number of amides is 2. The SMILES string of the molecule is CNC(=O)N1CCCCC1c1ccc(F)cc1C.O=C(O)/C=C\C(=O)O. The number of hydrogen-bond acceptors (Lipinski definition) is 3. The summed E-state index contributed by atoms with van der Waals surface area (Å²) in [4.78, 5) is 32.8. The van der Waals surface area contributed by atoms with Crippen molar-refractivity contribution in [3.63, 3.8) is 0 Å². The van der Waals surface area contributed by atoms with Gasteiger partial charge in [-0.25, -0.2) is 18.8 Å². The Balaban J connectivity index is 0.000000359. The fourth-order valence-corrected chi connectivity index (χ4v) is 2.80. The molecule has 0 bridgehead atoms. The van der Waals surface area contributed by atoms with Gasteiger partial charge < -0.3 is 20.4 Å². The minimum atomic E-state index is -1.26. The summed E-state index contributed by atoms with van der Waals surface area (Å²) in [5, 5.41) is 18.3. The van der Waals surface area contributed by atoms with Gasteiger partial charge >= 0.3 is 18.0 Å². The lowest BCUT2D eigenvalue weighted by Crippen LogP contribution is -2.43. The van der Waals surface area contributed by atoms with Crippen LogP contribution in [0.4, 0.5) is 9.18 Å². The number of carboxylic acid groups (broad SMARTS) is 2. The molecule has 142 valence electrons. The van der Waals surface area contributed by atoms with E-state index in [0.717, 1.165) is 36.9 Å². The van der Waals surface area contributed by atoms with E-state index in [9.17, 15) is 18.8 Å². The Morgan fingerprint density at radius 3 is 2.31 bits per heavy atom. The maximum atomic E-state index is 13.1. The van der Waals surface area contributed by atoms with E-state index in [-0.39, 0.29) is 17.9 Å². The molecule has 1 aliphatic rings. The van der Waals surface area contributed by atoms with E-state index in [1.807, 2.05) is 11.8 Å². The standard InChI is InChI=1S/C14H19FN2O.C4H4O4/c1-10-9-11(15)6-7-12(10)13-5-3-4-8-17(13)14(18)16-2;5-3(6)1-2-4(7)8/h6-7,9,13H,3-5,8H2,1-2H3,(H,16,18);1-2H,(H,5,6)(H,7,8)/b;2-1-. The van der Waals surface area contributed by atoms with Gasteiger partial charge in [0.05, 0.1) is 6.04 Å². The van der Waals surface area contributed by atoms with Crippen molar-refractivity contribution in [2.24, 2.45) is 0 Å². The summed E-state index contributed by atoms with van der Waals surface area (Å²) in [6.07, 6.45) is 4.20. The van der Waals surface area contributed by atoms with Gasteiger partial charge in [-0.1, -0.05) is 6.07 Å². The van der Waals surface area contributed by atoms with Gasteiger partial charge in [-0.05, 0) is 49.4 Å². The number of nitrogens with one attached hydrogen (secondary N) is 1. The van der Waals surface area contributed by atoms with Crippen LogP contribution in [0.5, 0.6) is 0 Å². The third kappa shape index (κ3) is 6.54. The summed E-state index contributed by atoms with van der Waals surface area (Å²) < 4.78 is 13.1. The molecule has 7 nitrogen and oxygen atoms in total. The molecule has 0 aliphatic carbocycles. The van der Waals surface area contributed by atoms with Gasteiger partial charge in [-0.3, -0.25) is 0 Å². The Hall–Kier alpha value is -2.90. The fraction of sp³-hybridized carbons (Fsp3) is 0.389. The van der Waals surface area contributed by atoms with Crippen LogP contribution < -0.4 is 5.32 Å². The molecule has 2 rings (SSSR count). The first-order chi connectivity index (χ1) is 12.3. The number of aryl methyl sites for hydroxylation is 1. The van der Waals surface area contributed by atoms with E-state index >= 15 is 0 Å². The highest BCUT2D eigenvalue weighted by Gasteiger charge is 2.28. The summed E-state index contributed by atoms with van der Waals surface area (Å²) in [5.74, 6) is -2.74. The molecule has 1 heterocycles. The zero-order valence-electron chi connectivity index (χ0n) is 14.7. The molecule has 26 heavy (non-hydrogen) atoms. The van der Waals surface area contributed by atoms with Gasteiger partial charge in [0.25, 0.3) is 0 Å². The first-order valence-electron chi connectivity index (χ1n) is 8.14. The molecule has 1 atom stereocenters. The van der Waals surface area contributed by atoms with E-state index in [2.05, 4.69) is 5.32 Å². The number of nitrogens with zero attached hydrogens (tertiary/aromatic N) is 1. The molecule has 1 fully saturated rings. The van der Waals surface area contributed by atoms with Crippen molar-refractivity contribution in [2.75, 3.05) is 13.6 Å². The minimum absolute atomic E-state index is 0.0524. The van der Waals surface area contributed by atoms with E-state index in [1.165, 1.54) is 12.1 Å². The van der Waals surface area contributed by atoms with Crippen LogP contribution in [0.1, 0.15) is 36.4 Å². The Kier molecular flexibility index (Phi) is 8.27. The Morgan fingerprint density at radius 2 is 1.81 bits per heavy atom. The second-order valence-corrected chi connectivity index (χ2v) is 5.77. The zero-order chi connectivity index (χ0) is 19.7. The number of carboxylic acids is 2. The molecule has 1 aromatic rings. The quantitative estimate of drug-likeness (QED) is 0.713. The molecule has 1 saturated heterocycles. The number of hydrogen-bond donors (Lipinski definition) is 3. The number of benzene rings is 1. The molecule has 0 radical (unpaired) electrons. The average molecular weight is 366 g/mol. The average Bonchev–Trinajstić information content (AvgIpc) is 2.60. The van der Waals surface area contributed by atoms with Crippen molar-refractivity contribution in [1.29, 1.82) is 0 Å². The molecule has 0 saturated carbocycles. The number of rotatable bonds is 3. The zero-order valence-corrected chi connectivity index (χ0v) is 14.7. The van der Waals surface area contributed by atoms with Crippen LogP contribution in [0, 0.1) is 12.7 Å². The normalized spacial score (nSPS) is 16.6. The van der Waals surface area contributed by atoms with Crippen molar-refractivity contribution in [2.45, 2.75) is 32.2 Å². The third-order valence-electron chi connectivity index (χ3n) is 3.94. The smallest absolute Gasteiger partial charge is 0.328 e. The van der Waals surface area contributed by atoms with Gasteiger partial charge in [0.2, 0.25) is 0 Å². The number of carbonyl (C=O) groups excluding carboxylic acids is 1. The second-order valence-electron chi connectivity index (χ2n) is 5.77. The summed E-state index contributed by atoms with van der Waals surface area (Å²) in [6, 6.07) is 4.82. The number of aliphatic carboxylic acids is 2. The fourth-order valence-electron chi connectivity index (χ4n) is 2.80. The van der Waals surface area contributed by atoms with Gasteiger partial charge in [-0.2, -0.15) is 0 Å². The van der Waals surface area contributed by atoms with Crippen molar-refractivity contribution >= 4 is 18.0 Å². The van der Waals surface area contributed by atoms with Crippen molar-refractivity contribution in [1.82, 2.24) is 10.2 Å². The second kappa shape index (κ2) is 10.2. The predicted molar refractivity (Wildman–Crippen MR) is 93.3 cm³/mol. The molecule has 0 spiro atoms. The minimum Gasteiger partial charge on any atom is -0.478 e. The lowest BCUT2D eigenvalue weighted by atomic mass is 9.92. The number of carbonyl (C=O) groups is 3. The van der Waals surface area contributed by atoms with Gasteiger partial charge in [0.1, 0.15) is 5.82 Å². The van der Waals surface area contributed by atoms with Crippen LogP contribution in [0.25, 0.3) is 0 Å². The van der Waals surface area contributed by atoms with Crippen molar-refractivity contribution in [3.05, 3.63) is 47.3 Å². The molecule has 1 aromatic carbocycles. The monoisotopic (exact) mass is 366 g/mol. The van der Waals surface area contributed by atoms with Crippen LogP contribution >= 0.6 is 0 Å². The Morgan fingerprint density at radius 1 is 1.19 bits per heavy atom. The van der Waals surface area contributed by atoms with Gasteiger partial charge in [0.15, 0.2) is 0 Å². The molecular formula is C18H23FN2O5. The number of likely N-dealkylation sites (tertiary alicyclic amines) is 1. The molecule has 2 amide bonds. The van der Waals surface area contributed by atoms with E-state index in [4.69, 9.17) is 10.2 Å². The first-order valence-corrected chi connectivity index (χ1v) is 8.14. The van der Waals surface area contributed by atoms with Crippen LogP contribution in [0.2, 0.25) is 0 Å². The molecular weight excluding hydrogens is 343 g/mol. The van der Waals surface area contributed by atoms with Gasteiger partial charge in [0, 0.05) is 25.7 Å². The first kappa shape index (κ1) is 21.1. The van der Waals surface area contributed by atoms with Crippen LogP contribution in [0.3, 0.4) is 0 Å². The summed E-state index contributed by atoms with van der Waals surface area (Å²) in [6.45, 7) is 2.66. The van der Waals surface area contributed by atoms with Crippen molar-refractivity contribution in [3.8, 4) is 0 Å². The molecule has 3 N–H and O–H groups in total. The maximum Gasteiger partial charge on any atom is 0.328 e. The summed E-state index contributed by atoms with van der Waals surface area (Å²) in [7, 11) is 1.64. The van der Waals surface area contributed by atoms with Crippen LogP contribution in [-0.4, -0.2) is 46.7 Å². The molecule has 8 heteroatoms. The van der Waals surface area contributed by atoms with E-state index in [1.54, 1.807) is 13.1 Å². The Labute approximate surface area is 151 Å². The lowest BCUT2D eigenvalue weighted by Gasteiger charge is -2.36. The maximum absolute atomic E-state index is 13.1. The van der Waals surface area contributed by atoms with Crippen molar-refractivity contribution < 1.29 is 29.0 Å². The topological polar surface area (TPSA) is 107 Å². The molecule has 0 aromatic heterocycles. The number of halogens is 1. The lowest BCUT2D eigenvalue weighted by molar-refractivity contribution is -0.134. The summed E-state index contributed by atoms with van der Waals surface area (Å²) >= 11 is 0. The highest BCUT2D eigenvalue weighted by Crippen LogP contribution is 2.32. The van der Waals surface area contributed by atoms with E-state index < -0.39 is 11.9 Å². The highest BCUT2D eigenvalue weighted by atomic mass is 19.1. The number of urea groups is 1. The largest absolute Gasteiger partial charge is 0.478 e. The Bertz CT molecular complexity index is 674. The van der Waals surface area contributed by atoms with Gasteiger partial charge in [-0.15, -0.1) is 0 Å². The third-order valence-corrected chi connectivity index (χ3v) is 3.94. The van der Waals surface area contributed by atoms with Crippen LogP contribution in [-0.2, 0) is 9.59 Å². The predicted octanol–water partition coefficient (Wildman–Crippen LogP) is 2.71. The van der Waals surface area contributed by atoms with E-state index in [0.29, 0.717) is 12.2 Å². The molecule has 1 aliphatic heterocycles. The summed E-state index contributed by atoms with van der Waals surface area (Å²) in [5.41, 5.74) is 1.97. The van der Waals surface area contributed by atoms with Crippen LogP contribution in [0.15, 0.2) is 30.4 Å². The highest BCUT2D eigenvalue weighted by molar-refractivity contribution is 5.89. The number of piperidine rings is 1. The molecule has 1 unspecified atom stereocenters.